The van der Waals surface area contributed by atoms with Crippen molar-refractivity contribution in [3.05, 3.63) is 0 Å². The monoisotopic (exact) mass is 265 g/mol. The standard InChI is InChI=1S/C16H31N3/c1-12-9-19(11-16(12)18(2)3)10-14-8-13-6-4-5-7-15(13)17-14/h12-17H,4-11H2,1-3H3. The second-order valence-electron chi connectivity index (χ2n) is 7.48. The first-order valence-corrected chi connectivity index (χ1v) is 8.28. The van der Waals surface area contributed by atoms with Gasteiger partial charge in [-0.25, -0.2) is 0 Å². The van der Waals surface area contributed by atoms with Gasteiger partial charge in [-0.3, -0.25) is 4.90 Å². The van der Waals surface area contributed by atoms with Crippen LogP contribution >= 0.6 is 0 Å². The highest BCUT2D eigenvalue weighted by molar-refractivity contribution is 4.96. The lowest BCUT2D eigenvalue weighted by molar-refractivity contribution is 0.245. The number of nitrogens with zero attached hydrogens (tertiary/aromatic N) is 2. The normalized spacial score (nSPS) is 43.9. The summed E-state index contributed by atoms with van der Waals surface area (Å²) in [5.74, 6) is 1.81. The molecular formula is C16H31N3. The third-order valence-electron chi connectivity index (χ3n) is 5.74. The average molecular weight is 265 g/mol. The molecule has 5 atom stereocenters. The molecule has 0 aromatic rings. The lowest BCUT2D eigenvalue weighted by Gasteiger charge is -2.24. The molecule has 1 N–H and O–H groups in total. The summed E-state index contributed by atoms with van der Waals surface area (Å²) in [6, 6.07) is 2.37. The topological polar surface area (TPSA) is 18.5 Å². The van der Waals surface area contributed by atoms with Crippen LogP contribution in [0.2, 0.25) is 0 Å². The number of hydrogen-bond acceptors (Lipinski definition) is 3. The minimum atomic E-state index is 0.753. The molecule has 5 unspecified atom stereocenters. The summed E-state index contributed by atoms with van der Waals surface area (Å²) in [6.07, 6.45) is 7.26. The van der Waals surface area contributed by atoms with E-state index in [-0.39, 0.29) is 0 Å². The Morgan fingerprint density at radius 3 is 2.63 bits per heavy atom. The third-order valence-corrected chi connectivity index (χ3v) is 5.74. The molecule has 19 heavy (non-hydrogen) atoms. The van der Waals surface area contributed by atoms with Gasteiger partial charge in [-0.2, -0.15) is 0 Å². The van der Waals surface area contributed by atoms with Crippen molar-refractivity contribution in [2.45, 2.75) is 57.2 Å². The molecule has 2 heterocycles. The summed E-state index contributed by atoms with van der Waals surface area (Å²) in [6.45, 7) is 6.24. The lowest BCUT2D eigenvalue weighted by Crippen LogP contribution is -2.41. The van der Waals surface area contributed by atoms with Gasteiger partial charge in [0.15, 0.2) is 0 Å². The van der Waals surface area contributed by atoms with Crippen molar-refractivity contribution in [2.75, 3.05) is 33.7 Å². The first-order valence-electron chi connectivity index (χ1n) is 8.28. The number of likely N-dealkylation sites (tertiary alicyclic amines) is 1. The Morgan fingerprint density at radius 1 is 1.16 bits per heavy atom. The Bertz CT molecular complexity index is 290. The third kappa shape index (κ3) is 2.98. The van der Waals surface area contributed by atoms with Gasteiger partial charge in [0.05, 0.1) is 0 Å². The van der Waals surface area contributed by atoms with Gasteiger partial charge in [0.2, 0.25) is 0 Å². The highest BCUT2D eigenvalue weighted by Crippen LogP contribution is 2.34. The summed E-state index contributed by atoms with van der Waals surface area (Å²) in [4.78, 5) is 5.11. The first-order chi connectivity index (χ1) is 9.13. The van der Waals surface area contributed by atoms with Crippen LogP contribution in [0.4, 0.5) is 0 Å². The van der Waals surface area contributed by atoms with E-state index in [0.29, 0.717) is 0 Å². The molecule has 3 aliphatic rings. The van der Waals surface area contributed by atoms with Crippen LogP contribution in [-0.2, 0) is 0 Å². The van der Waals surface area contributed by atoms with Gasteiger partial charge in [-0.15, -0.1) is 0 Å². The smallest absolute Gasteiger partial charge is 0.0254 e. The van der Waals surface area contributed by atoms with Gasteiger partial charge < -0.3 is 10.2 Å². The maximum Gasteiger partial charge on any atom is 0.0254 e. The summed E-state index contributed by atoms with van der Waals surface area (Å²) in [5.41, 5.74) is 0. The molecule has 0 aromatic heterocycles. The molecular weight excluding hydrogens is 234 g/mol. The van der Waals surface area contributed by atoms with Crippen molar-refractivity contribution < 1.29 is 0 Å². The molecule has 0 radical (unpaired) electrons. The summed E-state index contributed by atoms with van der Waals surface area (Å²) in [5, 5.41) is 3.92. The Kier molecular flexibility index (Phi) is 4.16. The van der Waals surface area contributed by atoms with E-state index in [9.17, 15) is 0 Å². The Balaban J connectivity index is 1.50. The minimum Gasteiger partial charge on any atom is -0.310 e. The zero-order valence-corrected chi connectivity index (χ0v) is 12.9. The van der Waals surface area contributed by atoms with Gasteiger partial charge in [-0.05, 0) is 45.2 Å². The van der Waals surface area contributed by atoms with E-state index in [1.165, 1.54) is 51.7 Å². The number of fused-ring (bicyclic) bond motifs is 1. The molecule has 0 spiro atoms. The molecule has 0 aromatic carbocycles. The van der Waals surface area contributed by atoms with Crippen molar-refractivity contribution in [1.82, 2.24) is 15.1 Å². The number of nitrogens with one attached hydrogen (secondary N) is 1. The van der Waals surface area contributed by atoms with Crippen molar-refractivity contribution in [3.63, 3.8) is 0 Å². The predicted molar refractivity (Wildman–Crippen MR) is 80.4 cm³/mol. The molecule has 3 fully saturated rings. The highest BCUT2D eigenvalue weighted by atomic mass is 15.3. The quantitative estimate of drug-likeness (QED) is 0.839. The van der Waals surface area contributed by atoms with E-state index in [1.807, 2.05) is 0 Å². The molecule has 1 aliphatic carbocycles. The molecule has 1 saturated carbocycles. The van der Waals surface area contributed by atoms with Crippen molar-refractivity contribution in [2.24, 2.45) is 11.8 Å². The van der Waals surface area contributed by atoms with Crippen LogP contribution in [0.3, 0.4) is 0 Å². The van der Waals surface area contributed by atoms with Gasteiger partial charge >= 0.3 is 0 Å². The van der Waals surface area contributed by atoms with Gasteiger partial charge in [0.1, 0.15) is 0 Å². The predicted octanol–water partition coefficient (Wildman–Crippen LogP) is 1.79. The van der Waals surface area contributed by atoms with Crippen LogP contribution in [0.5, 0.6) is 0 Å². The zero-order chi connectivity index (χ0) is 13.4. The fraction of sp³-hybridized carbons (Fsp3) is 1.00. The van der Waals surface area contributed by atoms with Gasteiger partial charge in [0, 0.05) is 37.8 Å². The molecule has 2 aliphatic heterocycles. The van der Waals surface area contributed by atoms with Crippen LogP contribution in [0.15, 0.2) is 0 Å². The number of hydrogen-bond donors (Lipinski definition) is 1. The van der Waals surface area contributed by atoms with Crippen LogP contribution in [0, 0.1) is 11.8 Å². The van der Waals surface area contributed by atoms with Crippen LogP contribution in [-0.4, -0.2) is 61.7 Å². The molecule has 3 rings (SSSR count). The van der Waals surface area contributed by atoms with Crippen molar-refractivity contribution in [1.29, 1.82) is 0 Å². The highest BCUT2D eigenvalue weighted by Gasteiger charge is 2.38. The Morgan fingerprint density at radius 2 is 1.95 bits per heavy atom. The maximum atomic E-state index is 3.92. The summed E-state index contributed by atoms with van der Waals surface area (Å²) in [7, 11) is 4.46. The molecule has 0 amide bonds. The molecule has 0 bridgehead atoms. The SMILES string of the molecule is CC1CN(CC2CC3CCCCC3N2)CC1N(C)C. The van der Waals surface area contributed by atoms with E-state index in [0.717, 1.165) is 30.0 Å². The lowest BCUT2D eigenvalue weighted by atomic mass is 9.85. The van der Waals surface area contributed by atoms with E-state index in [2.05, 4.69) is 36.1 Å². The Hall–Kier alpha value is -0.120. The average Bonchev–Trinajstić information content (AvgIpc) is 2.92. The maximum absolute atomic E-state index is 3.92. The molecule has 110 valence electrons. The second-order valence-corrected chi connectivity index (χ2v) is 7.48. The summed E-state index contributed by atoms with van der Waals surface area (Å²) >= 11 is 0. The van der Waals surface area contributed by atoms with E-state index >= 15 is 0 Å². The largest absolute Gasteiger partial charge is 0.310 e. The molecule has 2 saturated heterocycles. The summed E-state index contributed by atoms with van der Waals surface area (Å²) < 4.78 is 0. The van der Waals surface area contributed by atoms with Crippen molar-refractivity contribution in [3.8, 4) is 0 Å². The Labute approximate surface area is 118 Å². The van der Waals surface area contributed by atoms with Crippen molar-refractivity contribution >= 4 is 0 Å². The van der Waals surface area contributed by atoms with E-state index in [1.54, 1.807) is 0 Å². The van der Waals surface area contributed by atoms with Crippen LogP contribution in [0.1, 0.15) is 39.0 Å². The fourth-order valence-corrected chi connectivity index (χ4v) is 4.75. The van der Waals surface area contributed by atoms with Crippen LogP contribution < -0.4 is 5.32 Å². The molecule has 3 heteroatoms. The van der Waals surface area contributed by atoms with E-state index < -0.39 is 0 Å². The number of likely N-dealkylation sites (N-methyl/N-ethyl adjacent to an activating group) is 1. The minimum absolute atomic E-state index is 0.753. The second kappa shape index (κ2) is 5.71. The zero-order valence-electron chi connectivity index (χ0n) is 12.9. The van der Waals surface area contributed by atoms with Crippen LogP contribution in [0.25, 0.3) is 0 Å². The van der Waals surface area contributed by atoms with Gasteiger partial charge in [0.25, 0.3) is 0 Å². The van der Waals surface area contributed by atoms with Gasteiger partial charge in [-0.1, -0.05) is 19.8 Å². The number of rotatable bonds is 3. The van der Waals surface area contributed by atoms with E-state index in [4.69, 9.17) is 0 Å². The molecule has 3 nitrogen and oxygen atoms in total. The first kappa shape index (κ1) is 13.8. The fourth-order valence-electron chi connectivity index (χ4n) is 4.75.